The van der Waals surface area contributed by atoms with E-state index in [4.69, 9.17) is 4.42 Å². The van der Waals surface area contributed by atoms with Gasteiger partial charge in [0.1, 0.15) is 17.2 Å². The molecule has 4 aromatic rings. The number of nitro benzene ring substituents is 1. The number of rotatable bonds is 11. The fourth-order valence-corrected chi connectivity index (χ4v) is 4.04. The monoisotopic (exact) mass is 551 g/mol. The number of carbonyl (C=O) groups is 2. The minimum atomic E-state index is -0.635. The summed E-state index contributed by atoms with van der Waals surface area (Å²) in [5.74, 6) is -0.352. The second-order valence-electron chi connectivity index (χ2n) is 8.85. The molecule has 1 heterocycles. The molecule has 0 atom stereocenters. The average molecular weight is 552 g/mol. The van der Waals surface area contributed by atoms with Gasteiger partial charge in [0.25, 0.3) is 17.5 Å². The quantitative estimate of drug-likeness (QED) is 0.108. The molecule has 0 spiro atoms. The summed E-state index contributed by atoms with van der Waals surface area (Å²) >= 11 is 0. The van der Waals surface area contributed by atoms with Gasteiger partial charge in [-0.25, -0.2) is 5.43 Å². The maximum atomic E-state index is 13.1. The Morgan fingerprint density at radius 1 is 0.951 bits per heavy atom. The Bertz CT molecular complexity index is 1570. The third-order valence-corrected chi connectivity index (χ3v) is 6.19. The minimum absolute atomic E-state index is 0.00308. The Hall–Kier alpha value is -5.51. The lowest BCUT2D eigenvalue weighted by Gasteiger charge is -2.20. The summed E-state index contributed by atoms with van der Waals surface area (Å²) in [6.07, 6.45) is 2.87. The fraction of sp³-hybridized carbons (Fsp3) is 0.129. The smallest absolute Gasteiger partial charge is 0.287 e. The van der Waals surface area contributed by atoms with Crippen LogP contribution in [0.4, 0.5) is 11.4 Å². The third kappa shape index (κ3) is 7.54. The molecule has 3 aromatic carbocycles. The normalized spacial score (nSPS) is 11.3. The molecule has 208 valence electrons. The van der Waals surface area contributed by atoms with Crippen LogP contribution in [0.15, 0.2) is 106 Å². The number of anilines is 1. The molecule has 10 heteroatoms. The van der Waals surface area contributed by atoms with Crippen molar-refractivity contribution in [1.82, 2.24) is 10.7 Å². The van der Waals surface area contributed by atoms with E-state index >= 15 is 0 Å². The lowest BCUT2D eigenvalue weighted by molar-refractivity contribution is -0.384. The first-order chi connectivity index (χ1) is 19.9. The number of nitro groups is 1. The van der Waals surface area contributed by atoms with Crippen LogP contribution in [0, 0.1) is 10.1 Å². The SMILES string of the molecule is CCN(CC)c1ccc(/C=C(/NC(=O)c2ccccc2)C(=O)N/N=C/c2ccc(-c3cccc([N+](=O)[O-])c3)o2)cc1. The Balaban J connectivity index is 1.51. The molecule has 10 nitrogen and oxygen atoms in total. The van der Waals surface area contributed by atoms with E-state index in [2.05, 4.69) is 34.6 Å². The van der Waals surface area contributed by atoms with Crippen LogP contribution in [0.25, 0.3) is 17.4 Å². The van der Waals surface area contributed by atoms with Crippen LogP contribution in [0.2, 0.25) is 0 Å². The molecule has 0 fully saturated rings. The maximum Gasteiger partial charge on any atom is 0.287 e. The van der Waals surface area contributed by atoms with Gasteiger partial charge in [0, 0.05) is 42.0 Å². The van der Waals surface area contributed by atoms with Crippen molar-refractivity contribution in [2.24, 2.45) is 5.10 Å². The molecule has 2 N–H and O–H groups in total. The zero-order chi connectivity index (χ0) is 29.2. The van der Waals surface area contributed by atoms with Crippen LogP contribution < -0.4 is 15.6 Å². The summed E-state index contributed by atoms with van der Waals surface area (Å²) in [5, 5.41) is 17.7. The van der Waals surface area contributed by atoms with Gasteiger partial charge in [0.05, 0.1) is 11.1 Å². The minimum Gasteiger partial charge on any atom is -0.455 e. The summed E-state index contributed by atoms with van der Waals surface area (Å²) in [4.78, 5) is 38.7. The fourth-order valence-electron chi connectivity index (χ4n) is 4.04. The number of carbonyl (C=O) groups excluding carboxylic acids is 2. The molecule has 41 heavy (non-hydrogen) atoms. The van der Waals surface area contributed by atoms with Gasteiger partial charge in [-0.1, -0.05) is 42.5 Å². The van der Waals surface area contributed by atoms with Crippen LogP contribution in [-0.2, 0) is 4.79 Å². The predicted molar refractivity (Wildman–Crippen MR) is 158 cm³/mol. The molecular weight excluding hydrogens is 522 g/mol. The summed E-state index contributed by atoms with van der Waals surface area (Å²) in [5.41, 5.74) is 5.07. The number of benzene rings is 3. The molecule has 0 aliphatic carbocycles. The Morgan fingerprint density at radius 3 is 2.37 bits per heavy atom. The van der Waals surface area contributed by atoms with Crippen LogP contribution in [0.5, 0.6) is 0 Å². The van der Waals surface area contributed by atoms with Gasteiger partial charge in [-0.05, 0) is 61.9 Å². The van der Waals surface area contributed by atoms with E-state index in [1.165, 1.54) is 18.3 Å². The first-order valence-electron chi connectivity index (χ1n) is 13.0. The van der Waals surface area contributed by atoms with Gasteiger partial charge in [-0.15, -0.1) is 0 Å². The van der Waals surface area contributed by atoms with Gasteiger partial charge < -0.3 is 14.6 Å². The Kier molecular flexibility index (Phi) is 9.40. The molecule has 0 radical (unpaired) electrons. The highest BCUT2D eigenvalue weighted by Crippen LogP contribution is 2.25. The van der Waals surface area contributed by atoms with E-state index in [0.717, 1.165) is 24.3 Å². The number of hydrogen-bond acceptors (Lipinski definition) is 7. The molecule has 0 saturated carbocycles. The standard InChI is InChI=1S/C31H29N5O5/c1-3-35(4-2)25-15-13-22(14-16-25)19-28(33-30(37)23-9-6-5-7-10-23)31(38)34-32-21-27-17-18-29(41-27)24-11-8-12-26(20-24)36(39)40/h5-21H,3-4H2,1-2H3,(H,33,37)(H,34,38)/b28-19+,32-21+. The number of nitrogens with zero attached hydrogens (tertiary/aromatic N) is 3. The molecule has 0 unspecified atom stereocenters. The first kappa shape index (κ1) is 28.5. The first-order valence-corrected chi connectivity index (χ1v) is 13.0. The van der Waals surface area contributed by atoms with Crippen molar-refractivity contribution in [2.75, 3.05) is 18.0 Å². The van der Waals surface area contributed by atoms with Crippen LogP contribution >= 0.6 is 0 Å². The highest BCUT2D eigenvalue weighted by molar-refractivity contribution is 6.05. The predicted octanol–water partition coefficient (Wildman–Crippen LogP) is 5.62. The number of non-ortho nitro benzene ring substituents is 1. The number of hydrazone groups is 1. The molecule has 2 amide bonds. The van der Waals surface area contributed by atoms with E-state index in [1.54, 1.807) is 60.7 Å². The number of hydrogen-bond donors (Lipinski definition) is 2. The van der Waals surface area contributed by atoms with Gasteiger partial charge in [0.2, 0.25) is 0 Å². The Labute approximate surface area is 237 Å². The van der Waals surface area contributed by atoms with Crippen molar-refractivity contribution >= 4 is 35.5 Å². The van der Waals surface area contributed by atoms with Crippen molar-refractivity contribution in [1.29, 1.82) is 0 Å². The highest BCUT2D eigenvalue weighted by atomic mass is 16.6. The second kappa shape index (κ2) is 13.5. The summed E-state index contributed by atoms with van der Waals surface area (Å²) in [6.45, 7) is 5.90. The number of nitrogens with one attached hydrogen (secondary N) is 2. The summed E-state index contributed by atoms with van der Waals surface area (Å²) in [7, 11) is 0. The zero-order valence-electron chi connectivity index (χ0n) is 22.6. The summed E-state index contributed by atoms with van der Waals surface area (Å²) < 4.78 is 5.70. The van der Waals surface area contributed by atoms with Crippen LogP contribution in [0.3, 0.4) is 0 Å². The van der Waals surface area contributed by atoms with Gasteiger partial charge >= 0.3 is 0 Å². The topological polar surface area (TPSA) is 130 Å². The van der Waals surface area contributed by atoms with Crippen molar-refractivity contribution in [3.63, 3.8) is 0 Å². The Morgan fingerprint density at radius 2 is 1.68 bits per heavy atom. The van der Waals surface area contributed by atoms with Crippen molar-refractivity contribution in [2.45, 2.75) is 13.8 Å². The molecule has 0 aliphatic rings. The van der Waals surface area contributed by atoms with Gasteiger partial charge in [-0.3, -0.25) is 19.7 Å². The van der Waals surface area contributed by atoms with Gasteiger partial charge in [0.15, 0.2) is 0 Å². The van der Waals surface area contributed by atoms with Crippen molar-refractivity contribution in [3.05, 3.63) is 124 Å². The van der Waals surface area contributed by atoms with Crippen LogP contribution in [-0.4, -0.2) is 36.0 Å². The lowest BCUT2D eigenvalue weighted by Crippen LogP contribution is -2.32. The van der Waals surface area contributed by atoms with E-state index in [9.17, 15) is 19.7 Å². The van der Waals surface area contributed by atoms with E-state index in [0.29, 0.717) is 22.6 Å². The maximum absolute atomic E-state index is 13.1. The van der Waals surface area contributed by atoms with E-state index < -0.39 is 16.7 Å². The van der Waals surface area contributed by atoms with Crippen LogP contribution in [0.1, 0.15) is 35.5 Å². The average Bonchev–Trinajstić information content (AvgIpc) is 3.47. The molecule has 0 saturated heterocycles. The van der Waals surface area contributed by atoms with Crippen molar-refractivity contribution < 1.29 is 18.9 Å². The van der Waals surface area contributed by atoms with E-state index in [1.807, 2.05) is 24.3 Å². The third-order valence-electron chi connectivity index (χ3n) is 6.19. The second-order valence-corrected chi connectivity index (χ2v) is 8.85. The van der Waals surface area contributed by atoms with E-state index in [-0.39, 0.29) is 11.4 Å². The zero-order valence-corrected chi connectivity index (χ0v) is 22.6. The highest BCUT2D eigenvalue weighted by Gasteiger charge is 2.15. The summed E-state index contributed by atoms with van der Waals surface area (Å²) in [6, 6.07) is 25.6. The largest absolute Gasteiger partial charge is 0.455 e. The molecule has 0 aliphatic heterocycles. The molecule has 0 bridgehead atoms. The molecular formula is C31H29N5O5. The lowest BCUT2D eigenvalue weighted by atomic mass is 10.1. The molecule has 1 aromatic heterocycles. The van der Waals surface area contributed by atoms with Gasteiger partial charge in [-0.2, -0.15) is 5.10 Å². The molecule has 4 rings (SSSR count). The number of amides is 2. The van der Waals surface area contributed by atoms with Crippen molar-refractivity contribution in [3.8, 4) is 11.3 Å². The number of furan rings is 1.